The smallest absolute Gasteiger partial charge is 0.0683 e. The van der Waals surface area contributed by atoms with Crippen LogP contribution in [0.25, 0.3) is 10.4 Å². The van der Waals surface area contributed by atoms with Crippen LogP contribution in [0.3, 0.4) is 0 Å². The van der Waals surface area contributed by atoms with E-state index in [1.54, 1.807) is 0 Å². The molecule has 1 saturated carbocycles. The zero-order valence-corrected chi connectivity index (χ0v) is 10.5. The molecule has 1 aromatic heterocycles. The van der Waals surface area contributed by atoms with Crippen molar-refractivity contribution in [3.05, 3.63) is 27.4 Å². The minimum atomic E-state index is 0.366. The molecule has 0 radical (unpaired) electrons. The third-order valence-electron chi connectivity index (χ3n) is 3.53. The van der Waals surface area contributed by atoms with Gasteiger partial charge in [0.25, 0.3) is 0 Å². The summed E-state index contributed by atoms with van der Waals surface area (Å²) < 4.78 is 0. The Balaban J connectivity index is 2.33. The van der Waals surface area contributed by atoms with Crippen LogP contribution < -0.4 is 0 Å². The molecule has 5 nitrogen and oxygen atoms in total. The van der Waals surface area contributed by atoms with Crippen molar-refractivity contribution < 1.29 is 0 Å². The van der Waals surface area contributed by atoms with Crippen molar-refractivity contribution in [2.24, 2.45) is 5.11 Å². The van der Waals surface area contributed by atoms with E-state index in [9.17, 15) is 0 Å². The first kappa shape index (κ1) is 12.0. The molecule has 92 valence electrons. The second-order valence-corrected chi connectivity index (χ2v) is 5.03. The van der Waals surface area contributed by atoms with E-state index >= 15 is 0 Å². The van der Waals surface area contributed by atoms with E-state index in [2.05, 4.69) is 34.1 Å². The van der Waals surface area contributed by atoms with Crippen molar-refractivity contribution in [1.29, 1.82) is 0 Å². The number of hydrogen-bond acceptors (Lipinski definition) is 2. The molecule has 0 aliphatic heterocycles. The van der Waals surface area contributed by atoms with Crippen molar-refractivity contribution in [1.82, 2.24) is 10.2 Å². The van der Waals surface area contributed by atoms with E-state index in [4.69, 9.17) is 5.53 Å². The maximum atomic E-state index is 8.48. The molecule has 0 saturated heterocycles. The Morgan fingerprint density at radius 2 is 2.18 bits per heavy atom. The first-order valence-corrected chi connectivity index (χ1v) is 6.32. The molecule has 1 fully saturated rings. The molecule has 0 unspecified atom stereocenters. The molecule has 1 aliphatic rings. The van der Waals surface area contributed by atoms with Crippen molar-refractivity contribution in [3.8, 4) is 0 Å². The summed E-state index contributed by atoms with van der Waals surface area (Å²) in [4.78, 5) is 2.86. The molecule has 0 atom stereocenters. The highest BCUT2D eigenvalue weighted by Gasteiger charge is 2.24. The number of azide groups is 1. The summed E-state index contributed by atoms with van der Waals surface area (Å²) >= 11 is 0. The molecule has 0 aromatic carbocycles. The van der Waals surface area contributed by atoms with Gasteiger partial charge in [-0.05, 0) is 24.3 Å². The van der Waals surface area contributed by atoms with Gasteiger partial charge in [0.15, 0.2) is 0 Å². The summed E-state index contributed by atoms with van der Waals surface area (Å²) in [6.07, 6.45) is 5.04. The number of nitrogens with zero attached hydrogens (tertiary/aromatic N) is 4. The Morgan fingerprint density at radius 3 is 2.76 bits per heavy atom. The second kappa shape index (κ2) is 5.23. The molecule has 1 aromatic rings. The van der Waals surface area contributed by atoms with Gasteiger partial charge in [0.2, 0.25) is 0 Å². The third kappa shape index (κ3) is 2.44. The molecule has 1 heterocycles. The van der Waals surface area contributed by atoms with Gasteiger partial charge in [-0.15, -0.1) is 0 Å². The SMILES string of the molecule is CC(C)c1n[nH]c(C2CCCC2)c1CN=[N+]=[N-]. The predicted octanol–water partition coefficient (Wildman–Crippen LogP) is 4.00. The molecule has 1 N–H and O–H groups in total. The van der Waals surface area contributed by atoms with Gasteiger partial charge in [0.1, 0.15) is 0 Å². The molecule has 5 heteroatoms. The number of hydrogen-bond donors (Lipinski definition) is 1. The minimum Gasteiger partial charge on any atom is -0.282 e. The third-order valence-corrected chi connectivity index (χ3v) is 3.53. The van der Waals surface area contributed by atoms with E-state index in [1.165, 1.54) is 31.4 Å². The Hall–Kier alpha value is -1.48. The average Bonchev–Trinajstić information content (AvgIpc) is 2.94. The first-order chi connectivity index (χ1) is 8.24. The lowest BCUT2D eigenvalue weighted by Gasteiger charge is -2.10. The number of aromatic amines is 1. The highest BCUT2D eigenvalue weighted by atomic mass is 15.2. The van der Waals surface area contributed by atoms with Crippen molar-refractivity contribution in [3.63, 3.8) is 0 Å². The quantitative estimate of drug-likeness (QED) is 0.476. The van der Waals surface area contributed by atoms with Crippen LogP contribution in [0.2, 0.25) is 0 Å². The van der Waals surface area contributed by atoms with Crippen LogP contribution in [0.5, 0.6) is 0 Å². The summed E-state index contributed by atoms with van der Waals surface area (Å²) in [5, 5.41) is 11.3. The summed E-state index contributed by atoms with van der Waals surface area (Å²) in [6.45, 7) is 4.66. The van der Waals surface area contributed by atoms with Crippen LogP contribution in [0.15, 0.2) is 5.11 Å². The van der Waals surface area contributed by atoms with Crippen molar-refractivity contribution >= 4 is 0 Å². The Morgan fingerprint density at radius 1 is 1.47 bits per heavy atom. The fourth-order valence-corrected chi connectivity index (χ4v) is 2.69. The summed E-state index contributed by atoms with van der Waals surface area (Å²) in [5.74, 6) is 0.948. The molecule has 17 heavy (non-hydrogen) atoms. The van der Waals surface area contributed by atoms with E-state index < -0.39 is 0 Å². The van der Waals surface area contributed by atoms with Gasteiger partial charge >= 0.3 is 0 Å². The normalized spacial score (nSPS) is 16.4. The number of nitrogens with one attached hydrogen (secondary N) is 1. The number of H-pyrrole nitrogens is 1. The molecular weight excluding hydrogens is 214 g/mol. The fraction of sp³-hybridized carbons (Fsp3) is 0.750. The highest BCUT2D eigenvalue weighted by molar-refractivity contribution is 5.30. The lowest BCUT2D eigenvalue weighted by atomic mass is 9.96. The van der Waals surface area contributed by atoms with Crippen LogP contribution in [-0.4, -0.2) is 10.2 Å². The molecule has 1 aliphatic carbocycles. The Bertz CT molecular complexity index is 422. The van der Waals surface area contributed by atoms with Crippen LogP contribution in [0.1, 0.15) is 68.3 Å². The van der Waals surface area contributed by atoms with Crippen molar-refractivity contribution in [2.45, 2.75) is 57.9 Å². The van der Waals surface area contributed by atoms with Gasteiger partial charge in [-0.2, -0.15) is 5.10 Å². The van der Waals surface area contributed by atoms with Crippen molar-refractivity contribution in [2.75, 3.05) is 0 Å². The van der Waals surface area contributed by atoms with E-state index in [-0.39, 0.29) is 0 Å². The number of aromatic nitrogens is 2. The Kier molecular flexibility index (Phi) is 3.69. The fourth-order valence-electron chi connectivity index (χ4n) is 2.69. The maximum absolute atomic E-state index is 8.48. The average molecular weight is 233 g/mol. The molecule has 2 rings (SSSR count). The lowest BCUT2D eigenvalue weighted by molar-refractivity contribution is 0.684. The zero-order valence-electron chi connectivity index (χ0n) is 10.5. The van der Waals surface area contributed by atoms with E-state index in [0.29, 0.717) is 18.4 Å². The molecule has 0 amide bonds. The summed E-state index contributed by atoms with van der Waals surface area (Å²) in [6, 6.07) is 0. The molecule has 0 spiro atoms. The largest absolute Gasteiger partial charge is 0.282 e. The van der Waals surface area contributed by atoms with E-state index in [1.807, 2.05) is 0 Å². The van der Waals surface area contributed by atoms with Gasteiger partial charge < -0.3 is 0 Å². The van der Waals surface area contributed by atoms with Gasteiger partial charge in [0, 0.05) is 22.1 Å². The molecular formula is C12H19N5. The van der Waals surface area contributed by atoms with Crippen LogP contribution in [0, 0.1) is 0 Å². The number of rotatable bonds is 4. The monoisotopic (exact) mass is 233 g/mol. The Labute approximate surface area is 101 Å². The zero-order chi connectivity index (χ0) is 12.3. The van der Waals surface area contributed by atoms with Gasteiger partial charge in [0.05, 0.1) is 12.2 Å². The summed E-state index contributed by atoms with van der Waals surface area (Å²) in [5.41, 5.74) is 11.9. The first-order valence-electron chi connectivity index (χ1n) is 6.32. The van der Waals surface area contributed by atoms with Gasteiger partial charge in [-0.3, -0.25) is 5.10 Å². The van der Waals surface area contributed by atoms with E-state index in [0.717, 1.165) is 11.3 Å². The predicted molar refractivity (Wildman–Crippen MR) is 66.7 cm³/mol. The highest BCUT2D eigenvalue weighted by Crippen LogP contribution is 2.36. The van der Waals surface area contributed by atoms with Crippen LogP contribution in [0.4, 0.5) is 0 Å². The van der Waals surface area contributed by atoms with Crippen LogP contribution in [-0.2, 0) is 6.54 Å². The summed E-state index contributed by atoms with van der Waals surface area (Å²) in [7, 11) is 0. The van der Waals surface area contributed by atoms with Gasteiger partial charge in [-0.25, -0.2) is 0 Å². The standard InChI is InChI=1S/C12H19N5/c1-8(2)11-10(7-14-17-13)12(16-15-11)9-5-3-4-6-9/h8-9H,3-7H2,1-2H3,(H,15,16). The topological polar surface area (TPSA) is 77.4 Å². The lowest BCUT2D eigenvalue weighted by Crippen LogP contribution is -1.99. The minimum absolute atomic E-state index is 0.366. The maximum Gasteiger partial charge on any atom is 0.0683 e. The molecule has 0 bridgehead atoms. The second-order valence-electron chi connectivity index (χ2n) is 5.03. The van der Waals surface area contributed by atoms with Gasteiger partial charge in [-0.1, -0.05) is 31.8 Å². The van der Waals surface area contributed by atoms with Crippen LogP contribution >= 0.6 is 0 Å².